The molecule has 2 N–H and O–H groups in total. The van der Waals surface area contributed by atoms with E-state index in [2.05, 4.69) is 25.5 Å². The first-order valence-electron chi connectivity index (χ1n) is 9.51. The number of amides is 2. The van der Waals surface area contributed by atoms with Crippen molar-refractivity contribution < 1.29 is 4.79 Å². The predicted octanol–water partition coefficient (Wildman–Crippen LogP) is 3.88. The standard InChI is InChI=1S/C21H18ClN7O/c1-11-9-25-18(10-24-11)15-8-17(20-19(22)12(2)27-28-20)26-16-7-13(3-4-14(15)16)29-6-5-23-21(29)30/h3-4,7-10H,5-6H2,1-2H3,(H,23,30)(H,27,28). The maximum absolute atomic E-state index is 12.1. The first-order valence-corrected chi connectivity index (χ1v) is 9.89. The zero-order valence-corrected chi connectivity index (χ0v) is 17.2. The highest BCUT2D eigenvalue weighted by Crippen LogP contribution is 2.35. The van der Waals surface area contributed by atoms with Gasteiger partial charge in [-0.15, -0.1) is 0 Å². The lowest BCUT2D eigenvalue weighted by atomic mass is 10.0. The minimum absolute atomic E-state index is 0.110. The van der Waals surface area contributed by atoms with E-state index in [1.165, 1.54) is 0 Å². The summed E-state index contributed by atoms with van der Waals surface area (Å²) in [6.45, 7) is 4.99. The van der Waals surface area contributed by atoms with Crippen LogP contribution in [0.2, 0.25) is 5.02 Å². The molecule has 8 nitrogen and oxygen atoms in total. The molecular formula is C21H18ClN7O. The highest BCUT2D eigenvalue weighted by Gasteiger charge is 2.22. The van der Waals surface area contributed by atoms with E-state index in [1.54, 1.807) is 17.3 Å². The lowest BCUT2D eigenvalue weighted by Gasteiger charge is -2.16. The van der Waals surface area contributed by atoms with Crippen LogP contribution < -0.4 is 10.2 Å². The summed E-state index contributed by atoms with van der Waals surface area (Å²) in [5, 5.41) is 11.5. The lowest BCUT2D eigenvalue weighted by Crippen LogP contribution is -2.27. The molecule has 0 unspecified atom stereocenters. The number of nitrogens with zero attached hydrogens (tertiary/aromatic N) is 5. The van der Waals surface area contributed by atoms with Crippen LogP contribution >= 0.6 is 11.6 Å². The molecule has 2 amide bonds. The fourth-order valence-electron chi connectivity index (χ4n) is 3.55. The van der Waals surface area contributed by atoms with Gasteiger partial charge in [-0.1, -0.05) is 17.7 Å². The van der Waals surface area contributed by atoms with Crippen molar-refractivity contribution in [2.24, 2.45) is 0 Å². The third-order valence-corrected chi connectivity index (χ3v) is 5.60. The van der Waals surface area contributed by atoms with Crippen LogP contribution in [0.25, 0.3) is 33.5 Å². The van der Waals surface area contributed by atoms with Crippen molar-refractivity contribution >= 4 is 34.2 Å². The molecule has 0 aliphatic carbocycles. The van der Waals surface area contributed by atoms with Crippen LogP contribution in [0, 0.1) is 13.8 Å². The first-order chi connectivity index (χ1) is 14.5. The second-order valence-corrected chi connectivity index (χ2v) is 7.57. The van der Waals surface area contributed by atoms with Gasteiger partial charge < -0.3 is 5.32 Å². The summed E-state index contributed by atoms with van der Waals surface area (Å²) < 4.78 is 0. The number of fused-ring (bicyclic) bond motifs is 1. The molecular weight excluding hydrogens is 402 g/mol. The summed E-state index contributed by atoms with van der Waals surface area (Å²) in [4.78, 5) is 27.5. The Labute approximate surface area is 177 Å². The minimum atomic E-state index is -0.110. The van der Waals surface area contributed by atoms with Gasteiger partial charge in [0.05, 0.1) is 39.5 Å². The monoisotopic (exact) mass is 419 g/mol. The van der Waals surface area contributed by atoms with E-state index in [-0.39, 0.29) is 6.03 Å². The van der Waals surface area contributed by atoms with Crippen molar-refractivity contribution in [3.05, 3.63) is 53.1 Å². The third kappa shape index (κ3) is 3.05. The van der Waals surface area contributed by atoms with Crippen LogP contribution in [-0.4, -0.2) is 44.3 Å². The normalized spacial score (nSPS) is 13.8. The fraction of sp³-hybridized carbons (Fsp3) is 0.190. The lowest BCUT2D eigenvalue weighted by molar-refractivity contribution is 0.252. The maximum atomic E-state index is 12.1. The Morgan fingerprint density at radius 1 is 1.10 bits per heavy atom. The number of hydrogen-bond donors (Lipinski definition) is 2. The molecule has 1 saturated heterocycles. The largest absolute Gasteiger partial charge is 0.336 e. The van der Waals surface area contributed by atoms with Crippen LogP contribution in [0.15, 0.2) is 36.7 Å². The number of aryl methyl sites for hydroxylation is 2. The topological polar surface area (TPSA) is 99.7 Å². The van der Waals surface area contributed by atoms with Gasteiger partial charge in [-0.2, -0.15) is 5.10 Å². The average Bonchev–Trinajstić information content (AvgIpc) is 3.33. The number of rotatable bonds is 3. The van der Waals surface area contributed by atoms with Crippen LogP contribution in [0.3, 0.4) is 0 Å². The number of anilines is 1. The van der Waals surface area contributed by atoms with Gasteiger partial charge in [0.2, 0.25) is 0 Å². The van der Waals surface area contributed by atoms with Crippen molar-refractivity contribution in [3.8, 4) is 22.6 Å². The predicted molar refractivity (Wildman–Crippen MR) is 116 cm³/mol. The second-order valence-electron chi connectivity index (χ2n) is 7.19. The molecule has 0 radical (unpaired) electrons. The molecule has 150 valence electrons. The molecule has 3 aromatic heterocycles. The van der Waals surface area contributed by atoms with Gasteiger partial charge in [-0.3, -0.25) is 20.0 Å². The number of nitrogens with one attached hydrogen (secondary N) is 2. The third-order valence-electron chi connectivity index (χ3n) is 5.13. The summed E-state index contributed by atoms with van der Waals surface area (Å²) >= 11 is 6.44. The van der Waals surface area contributed by atoms with E-state index in [9.17, 15) is 4.79 Å². The Balaban J connectivity index is 1.74. The number of H-pyrrole nitrogens is 1. The number of halogens is 1. The highest BCUT2D eigenvalue weighted by atomic mass is 35.5. The molecule has 0 bridgehead atoms. The van der Waals surface area contributed by atoms with Crippen molar-refractivity contribution in [2.75, 3.05) is 18.0 Å². The van der Waals surface area contributed by atoms with Gasteiger partial charge in [-0.05, 0) is 32.0 Å². The van der Waals surface area contributed by atoms with Crippen molar-refractivity contribution in [1.29, 1.82) is 0 Å². The van der Waals surface area contributed by atoms with Crippen LogP contribution in [0.1, 0.15) is 11.4 Å². The molecule has 0 saturated carbocycles. The van der Waals surface area contributed by atoms with E-state index in [4.69, 9.17) is 16.6 Å². The Morgan fingerprint density at radius 2 is 1.97 bits per heavy atom. The molecule has 1 fully saturated rings. The summed E-state index contributed by atoms with van der Waals surface area (Å²) in [6.07, 6.45) is 3.48. The van der Waals surface area contributed by atoms with E-state index >= 15 is 0 Å². The quantitative estimate of drug-likeness (QED) is 0.525. The number of hydrogen-bond acceptors (Lipinski definition) is 5. The summed E-state index contributed by atoms with van der Waals surface area (Å²) in [5.74, 6) is 0. The number of carbonyl (C=O) groups is 1. The Kier molecular flexibility index (Phi) is 4.36. The molecule has 4 aromatic rings. The smallest absolute Gasteiger partial charge is 0.321 e. The van der Waals surface area contributed by atoms with Gasteiger partial charge in [-0.25, -0.2) is 9.78 Å². The zero-order valence-electron chi connectivity index (χ0n) is 16.4. The summed E-state index contributed by atoms with van der Waals surface area (Å²) in [5.41, 5.74) is 5.91. The van der Waals surface area contributed by atoms with Gasteiger partial charge in [0.15, 0.2) is 0 Å². The van der Waals surface area contributed by atoms with Gasteiger partial charge in [0, 0.05) is 35.9 Å². The first kappa shape index (κ1) is 18.5. The second kappa shape index (κ2) is 7.07. The number of pyridine rings is 1. The molecule has 4 heterocycles. The maximum Gasteiger partial charge on any atom is 0.321 e. The fourth-order valence-corrected chi connectivity index (χ4v) is 3.73. The Hall–Kier alpha value is -3.52. The van der Waals surface area contributed by atoms with E-state index in [1.807, 2.05) is 38.1 Å². The molecule has 9 heteroatoms. The minimum Gasteiger partial charge on any atom is -0.336 e. The van der Waals surface area contributed by atoms with Crippen LogP contribution in [0.4, 0.5) is 10.5 Å². The molecule has 0 atom stereocenters. The number of aromatic nitrogens is 5. The zero-order chi connectivity index (χ0) is 20.8. The number of benzene rings is 1. The highest BCUT2D eigenvalue weighted by molar-refractivity contribution is 6.33. The average molecular weight is 420 g/mol. The van der Waals surface area contributed by atoms with Crippen LogP contribution in [0.5, 0.6) is 0 Å². The van der Waals surface area contributed by atoms with E-state index in [0.29, 0.717) is 29.5 Å². The SMILES string of the molecule is Cc1cnc(-c2cc(-c3n[nH]c(C)c3Cl)nc3cc(N4CCNC4=O)ccc23)cn1. The van der Waals surface area contributed by atoms with Crippen LogP contribution in [-0.2, 0) is 0 Å². The molecule has 0 spiro atoms. The van der Waals surface area contributed by atoms with Gasteiger partial charge in [0.25, 0.3) is 0 Å². The summed E-state index contributed by atoms with van der Waals surface area (Å²) in [7, 11) is 0. The number of urea groups is 1. The van der Waals surface area contributed by atoms with E-state index < -0.39 is 0 Å². The summed E-state index contributed by atoms with van der Waals surface area (Å²) in [6, 6.07) is 7.60. The Morgan fingerprint density at radius 3 is 2.63 bits per heavy atom. The molecule has 30 heavy (non-hydrogen) atoms. The van der Waals surface area contributed by atoms with E-state index in [0.717, 1.165) is 39.2 Å². The molecule has 5 rings (SSSR count). The molecule has 1 aliphatic rings. The molecule has 1 aromatic carbocycles. The number of aromatic amines is 1. The number of carbonyl (C=O) groups excluding carboxylic acids is 1. The van der Waals surface area contributed by atoms with Gasteiger partial charge >= 0.3 is 6.03 Å². The molecule has 1 aliphatic heterocycles. The Bertz CT molecular complexity index is 1280. The van der Waals surface area contributed by atoms with Crippen molar-refractivity contribution in [3.63, 3.8) is 0 Å². The van der Waals surface area contributed by atoms with Crippen molar-refractivity contribution in [2.45, 2.75) is 13.8 Å². The van der Waals surface area contributed by atoms with Gasteiger partial charge in [0.1, 0.15) is 5.69 Å². The van der Waals surface area contributed by atoms with Crippen molar-refractivity contribution in [1.82, 2.24) is 30.5 Å².